The molecule has 14 rings (SSSR count). The van der Waals surface area contributed by atoms with Gasteiger partial charge in [0.2, 0.25) is 0 Å². The normalized spacial score (nSPS) is 17.4. The second kappa shape index (κ2) is 14.8. The van der Waals surface area contributed by atoms with Crippen molar-refractivity contribution in [3.8, 4) is 5.69 Å². The number of furan rings is 1. The van der Waals surface area contributed by atoms with Crippen LogP contribution >= 0.6 is 0 Å². The van der Waals surface area contributed by atoms with Crippen LogP contribution in [0.5, 0.6) is 0 Å². The molecule has 13 aromatic rings. The molecule has 0 amide bonds. The number of para-hydroxylation sites is 2. The molecular formula is C63H43N3O. The molecule has 67 heavy (non-hydrogen) atoms. The Bertz CT molecular complexity index is 4260. The quantitative estimate of drug-likeness (QED) is 0.163. The van der Waals surface area contributed by atoms with Gasteiger partial charge in [0.05, 0.1) is 22.8 Å². The van der Waals surface area contributed by atoms with E-state index < -0.39 is 0 Å². The summed E-state index contributed by atoms with van der Waals surface area (Å²) in [5.41, 5.74) is 9.45. The Morgan fingerprint density at radius 3 is 1.78 bits per heavy atom. The maximum Gasteiger partial charge on any atom is 0.155 e. The summed E-state index contributed by atoms with van der Waals surface area (Å²) < 4.78 is 9.40. The number of amidine groups is 1. The number of hydrogen-bond acceptors (Lipinski definition) is 3. The van der Waals surface area contributed by atoms with Gasteiger partial charge in [-0.3, -0.25) is 4.99 Å². The second-order valence-corrected chi connectivity index (χ2v) is 18.5. The van der Waals surface area contributed by atoms with Gasteiger partial charge in [-0.15, -0.1) is 0 Å². The third-order valence-corrected chi connectivity index (χ3v) is 14.6. The summed E-state index contributed by atoms with van der Waals surface area (Å²) in [5.74, 6) is 0.876. The van der Waals surface area contributed by atoms with E-state index in [2.05, 4.69) is 218 Å². The Morgan fingerprint density at radius 1 is 0.448 bits per heavy atom. The molecule has 2 aromatic heterocycles. The van der Waals surface area contributed by atoms with E-state index in [0.717, 1.165) is 68.7 Å². The maximum atomic E-state index is 6.95. The van der Waals surface area contributed by atoms with E-state index in [0.29, 0.717) is 0 Å². The number of aromatic nitrogens is 1. The van der Waals surface area contributed by atoms with Crippen molar-refractivity contribution in [3.63, 3.8) is 0 Å². The molecular weight excluding hydrogens is 815 g/mol. The lowest BCUT2D eigenvalue weighted by Crippen LogP contribution is -2.18. The van der Waals surface area contributed by atoms with Crippen LogP contribution in [-0.4, -0.2) is 16.1 Å². The first-order chi connectivity index (χ1) is 33.1. The predicted molar refractivity (Wildman–Crippen MR) is 283 cm³/mol. The van der Waals surface area contributed by atoms with Gasteiger partial charge in [-0.25, -0.2) is 4.99 Å². The molecule has 316 valence electrons. The number of nitrogens with zero attached hydrogens (tertiary/aromatic N) is 3. The van der Waals surface area contributed by atoms with Gasteiger partial charge in [0, 0.05) is 38.4 Å². The SMILES string of the molecule is CC1CC/C(c2ccc3c(ccc4ccccc43)c2)=N\C(c2ccc3c(ccc4ccccc43)c2)=N/C1c1cc(-n2c3ccccc3c3cc4ccccc4cc32)cc2c1oc1ccccc12. The standard InChI is InChI=1S/C63H43N3O/c1-38-22-31-57(45-27-29-50-43(32-45)25-23-39-12-4-6-16-48(39)50)64-63(46-28-30-51-44(33-46)26-24-40-13-5-7-17-49(40)51)65-61(38)56-37-47(36-55-53-19-9-11-21-60(53)67-62(55)56)66-58-20-10-8-18-52(58)54-34-41-14-2-3-15-42(41)35-59(54)66/h2-21,23-30,32-38,61H,22,31H2,1H3/b64-57+,65-63-. The fourth-order valence-corrected chi connectivity index (χ4v) is 11.2. The lowest BCUT2D eigenvalue weighted by Gasteiger charge is -2.26. The number of benzene rings is 11. The first kappa shape index (κ1) is 38.0. The monoisotopic (exact) mass is 857 g/mol. The van der Waals surface area contributed by atoms with E-state index in [1.165, 1.54) is 75.7 Å². The summed E-state index contributed by atoms with van der Waals surface area (Å²) in [6.07, 6.45) is 1.70. The van der Waals surface area contributed by atoms with E-state index in [1.54, 1.807) is 0 Å². The minimum atomic E-state index is -0.257. The van der Waals surface area contributed by atoms with Crippen LogP contribution in [-0.2, 0) is 0 Å². The molecule has 1 aliphatic heterocycles. The summed E-state index contributed by atoms with van der Waals surface area (Å²) in [6.45, 7) is 2.36. The van der Waals surface area contributed by atoms with Gasteiger partial charge < -0.3 is 8.98 Å². The first-order valence-corrected chi connectivity index (χ1v) is 23.5. The molecule has 4 heteroatoms. The van der Waals surface area contributed by atoms with Gasteiger partial charge in [0.25, 0.3) is 0 Å². The molecule has 0 spiro atoms. The van der Waals surface area contributed by atoms with Gasteiger partial charge in [-0.1, -0.05) is 165 Å². The van der Waals surface area contributed by atoms with E-state index in [9.17, 15) is 0 Å². The second-order valence-electron chi connectivity index (χ2n) is 18.5. The summed E-state index contributed by atoms with van der Waals surface area (Å²) in [7, 11) is 0. The Labute approximate surface area is 386 Å². The Morgan fingerprint density at radius 2 is 1.03 bits per heavy atom. The molecule has 0 fully saturated rings. The van der Waals surface area contributed by atoms with Gasteiger partial charge >= 0.3 is 0 Å². The molecule has 0 saturated heterocycles. The number of hydrogen-bond donors (Lipinski definition) is 0. The largest absolute Gasteiger partial charge is 0.456 e. The summed E-state index contributed by atoms with van der Waals surface area (Å²) >= 11 is 0. The van der Waals surface area contributed by atoms with Crippen LogP contribution in [0.3, 0.4) is 0 Å². The summed E-state index contributed by atoms with van der Waals surface area (Å²) in [6, 6.07) is 74.9. The highest BCUT2D eigenvalue weighted by Gasteiger charge is 2.29. The molecule has 0 N–H and O–H groups in total. The van der Waals surface area contributed by atoms with Gasteiger partial charge in [0.1, 0.15) is 11.2 Å². The number of rotatable bonds is 4. The fourth-order valence-electron chi connectivity index (χ4n) is 11.2. The minimum absolute atomic E-state index is 0.142. The van der Waals surface area contributed by atoms with Crippen molar-refractivity contribution in [2.75, 3.05) is 0 Å². The smallest absolute Gasteiger partial charge is 0.155 e. The summed E-state index contributed by atoms with van der Waals surface area (Å²) in [4.78, 5) is 11.5. The van der Waals surface area contributed by atoms with Gasteiger partial charge in [-0.2, -0.15) is 0 Å². The number of fused-ring (bicyclic) bond motifs is 13. The average molecular weight is 858 g/mol. The molecule has 4 nitrogen and oxygen atoms in total. The molecule has 3 heterocycles. The molecule has 0 saturated carbocycles. The van der Waals surface area contributed by atoms with Crippen molar-refractivity contribution in [3.05, 3.63) is 223 Å². The highest BCUT2D eigenvalue weighted by atomic mass is 16.3. The fraction of sp³-hybridized carbons (Fsp3) is 0.0794. The van der Waals surface area contributed by atoms with Crippen molar-refractivity contribution in [2.24, 2.45) is 15.9 Å². The highest BCUT2D eigenvalue weighted by Crippen LogP contribution is 2.44. The third-order valence-electron chi connectivity index (χ3n) is 14.6. The van der Waals surface area contributed by atoms with Crippen molar-refractivity contribution in [1.29, 1.82) is 0 Å². The topological polar surface area (TPSA) is 42.8 Å². The third kappa shape index (κ3) is 6.06. The zero-order valence-corrected chi connectivity index (χ0v) is 36.9. The molecule has 0 radical (unpaired) electrons. The predicted octanol–water partition coefficient (Wildman–Crippen LogP) is 16.9. The maximum absolute atomic E-state index is 6.95. The summed E-state index contributed by atoms with van der Waals surface area (Å²) in [5, 5.41) is 17.0. The molecule has 0 bridgehead atoms. The van der Waals surface area contributed by atoms with Crippen molar-refractivity contribution >= 4 is 109 Å². The van der Waals surface area contributed by atoms with E-state index in [-0.39, 0.29) is 12.0 Å². The zero-order valence-electron chi connectivity index (χ0n) is 36.9. The van der Waals surface area contributed by atoms with Crippen molar-refractivity contribution in [1.82, 2.24) is 4.57 Å². The van der Waals surface area contributed by atoms with E-state index in [1.807, 2.05) is 0 Å². The average Bonchev–Trinajstić information content (AvgIpc) is 3.91. The Balaban J connectivity index is 1.02. The zero-order chi connectivity index (χ0) is 44.2. The lowest BCUT2D eigenvalue weighted by molar-refractivity contribution is 0.444. The number of aliphatic imine (C=N–C) groups is 2. The molecule has 1 aliphatic rings. The Kier molecular flexibility index (Phi) is 8.42. The van der Waals surface area contributed by atoms with Gasteiger partial charge in [-0.05, 0) is 127 Å². The van der Waals surface area contributed by atoms with Crippen LogP contribution in [0.4, 0.5) is 0 Å². The van der Waals surface area contributed by atoms with Crippen LogP contribution in [0, 0.1) is 5.92 Å². The van der Waals surface area contributed by atoms with Crippen molar-refractivity contribution < 1.29 is 4.42 Å². The molecule has 2 unspecified atom stereocenters. The first-order valence-electron chi connectivity index (χ1n) is 23.5. The van der Waals surface area contributed by atoms with Crippen LogP contribution in [0.15, 0.2) is 221 Å². The van der Waals surface area contributed by atoms with Gasteiger partial charge in [0.15, 0.2) is 5.84 Å². The molecule has 2 atom stereocenters. The van der Waals surface area contributed by atoms with Crippen LogP contribution in [0.25, 0.3) is 103 Å². The highest BCUT2D eigenvalue weighted by molar-refractivity contribution is 6.18. The van der Waals surface area contributed by atoms with Crippen LogP contribution in [0.1, 0.15) is 42.5 Å². The van der Waals surface area contributed by atoms with E-state index >= 15 is 0 Å². The van der Waals surface area contributed by atoms with E-state index in [4.69, 9.17) is 14.4 Å². The van der Waals surface area contributed by atoms with Crippen LogP contribution in [0.2, 0.25) is 0 Å². The Hall–Kier alpha value is -8.34. The lowest BCUT2D eigenvalue weighted by atomic mass is 9.87. The molecule has 11 aromatic carbocycles. The molecule has 0 aliphatic carbocycles. The van der Waals surface area contributed by atoms with Crippen LogP contribution < -0.4 is 0 Å². The minimum Gasteiger partial charge on any atom is -0.456 e. The van der Waals surface area contributed by atoms with Crippen molar-refractivity contribution in [2.45, 2.75) is 25.8 Å².